The molecule has 3 heterocycles. The van der Waals surface area contributed by atoms with E-state index < -0.39 is 0 Å². The van der Waals surface area contributed by atoms with Crippen molar-refractivity contribution in [2.45, 2.75) is 19.3 Å². The summed E-state index contributed by atoms with van der Waals surface area (Å²) in [6.07, 6.45) is 0. The Morgan fingerprint density at radius 3 is 1.68 bits per heavy atom. The summed E-state index contributed by atoms with van der Waals surface area (Å²) in [7, 11) is 0. The van der Waals surface area contributed by atoms with Gasteiger partial charge in [0.25, 0.3) is 0 Å². The molecule has 0 saturated heterocycles. The first-order chi connectivity index (χ1) is 28.1. The minimum absolute atomic E-state index is 0.195. The molecule has 3 aromatic heterocycles. The van der Waals surface area contributed by atoms with E-state index in [0.29, 0.717) is 0 Å². The van der Waals surface area contributed by atoms with E-state index in [9.17, 15) is 0 Å². The van der Waals surface area contributed by atoms with Gasteiger partial charge in [-0.25, -0.2) is 0 Å². The Hall–Kier alpha value is -6.88. The molecule has 11 aromatic rings. The maximum Gasteiger partial charge on any atom is 0.109 e. The zero-order valence-electron chi connectivity index (χ0n) is 31.6. The van der Waals surface area contributed by atoms with Crippen molar-refractivity contribution in [2.75, 3.05) is 9.80 Å². The summed E-state index contributed by atoms with van der Waals surface area (Å²) in [6.45, 7) is 4.83. The normalized spacial score (nSPS) is 13.2. The molecule has 0 amide bonds. The highest BCUT2D eigenvalue weighted by Gasteiger charge is 2.42. The molecule has 0 atom stereocenters. The van der Waals surface area contributed by atoms with Crippen LogP contribution in [0.5, 0.6) is 0 Å². The number of hydrogen-bond acceptors (Lipinski definition) is 3. The number of aromatic nitrogens is 1. The van der Waals surface area contributed by atoms with Gasteiger partial charge in [-0.1, -0.05) is 123 Å². The Balaban J connectivity index is 1.14. The molecule has 4 heteroatoms. The third-order valence-corrected chi connectivity index (χ3v) is 13.3. The molecule has 8 aromatic carbocycles. The standard InChI is InChI=1S/C53H37N3S/c1-53(2)44-26-16-15-25-41(44)48-49-45(55(38-21-11-5-12-22-38)39-23-13-6-14-24-39)30-29-42-47-43-32-34-27-28-40(54(36-17-7-3-8-18-36)37-19-9-4-10-20-37)31-35(34)33-46(43)57-52(47)56(50(42)49)51(48)53/h3-33H,1-2H3. The molecule has 0 aliphatic heterocycles. The topological polar surface area (TPSA) is 10.9 Å². The van der Waals surface area contributed by atoms with Crippen molar-refractivity contribution < 1.29 is 0 Å². The predicted molar refractivity (Wildman–Crippen MR) is 243 cm³/mol. The number of benzene rings is 8. The molecular weight excluding hydrogens is 711 g/mol. The number of fused-ring (bicyclic) bond motifs is 11. The summed E-state index contributed by atoms with van der Waals surface area (Å²) in [5.74, 6) is 0. The lowest BCUT2D eigenvalue weighted by molar-refractivity contribution is 0.634. The summed E-state index contributed by atoms with van der Waals surface area (Å²) < 4.78 is 3.96. The summed E-state index contributed by atoms with van der Waals surface area (Å²) in [6, 6.07) is 68.6. The Bertz CT molecular complexity index is 3230. The van der Waals surface area contributed by atoms with E-state index in [4.69, 9.17) is 0 Å². The highest BCUT2D eigenvalue weighted by atomic mass is 32.1. The average molecular weight is 748 g/mol. The first kappa shape index (κ1) is 32.4. The number of rotatable bonds is 6. The third-order valence-electron chi connectivity index (χ3n) is 12.2. The van der Waals surface area contributed by atoms with Gasteiger partial charge in [0.05, 0.1) is 11.2 Å². The summed E-state index contributed by atoms with van der Waals surface area (Å²) in [5.41, 5.74) is 13.5. The molecule has 0 saturated carbocycles. The molecule has 0 unspecified atom stereocenters. The number of thiophene rings is 1. The van der Waals surface area contributed by atoms with Gasteiger partial charge in [-0.05, 0) is 101 Å². The van der Waals surface area contributed by atoms with E-state index in [0.717, 1.165) is 28.4 Å². The van der Waals surface area contributed by atoms with Gasteiger partial charge in [0.15, 0.2) is 0 Å². The van der Waals surface area contributed by atoms with Crippen LogP contribution in [0.15, 0.2) is 188 Å². The van der Waals surface area contributed by atoms with Gasteiger partial charge < -0.3 is 14.2 Å². The molecule has 1 aliphatic rings. The van der Waals surface area contributed by atoms with Gasteiger partial charge in [-0.3, -0.25) is 0 Å². The SMILES string of the molecule is CC1(C)c2ccccc2-c2c1n1c3sc4cc5cc(N(c6ccccc6)c6ccccc6)ccc5cc4c3c3ccc(N(c4ccccc4)c4ccccc4)c2c31. The van der Waals surface area contributed by atoms with Crippen molar-refractivity contribution in [2.24, 2.45) is 0 Å². The van der Waals surface area contributed by atoms with Crippen molar-refractivity contribution in [1.29, 1.82) is 0 Å². The summed E-state index contributed by atoms with van der Waals surface area (Å²) >= 11 is 1.93. The quantitative estimate of drug-likeness (QED) is 0.168. The molecule has 3 nitrogen and oxygen atoms in total. The molecular formula is C53H37N3S. The highest BCUT2D eigenvalue weighted by Crippen LogP contribution is 2.59. The zero-order valence-corrected chi connectivity index (χ0v) is 32.5. The largest absolute Gasteiger partial charge is 0.310 e. The number of para-hydroxylation sites is 4. The van der Waals surface area contributed by atoms with Crippen LogP contribution in [0.4, 0.5) is 34.1 Å². The van der Waals surface area contributed by atoms with Gasteiger partial charge >= 0.3 is 0 Å². The van der Waals surface area contributed by atoms with E-state index in [2.05, 4.69) is 216 Å². The Morgan fingerprint density at radius 2 is 1.05 bits per heavy atom. The fraction of sp³-hybridized carbons (Fsp3) is 0.0566. The molecule has 12 rings (SSSR count). The molecule has 0 N–H and O–H groups in total. The predicted octanol–water partition coefficient (Wildman–Crippen LogP) is 15.3. The van der Waals surface area contributed by atoms with Gasteiger partial charge in [-0.15, -0.1) is 11.3 Å². The van der Waals surface area contributed by atoms with Gasteiger partial charge in [0, 0.05) is 71.4 Å². The van der Waals surface area contributed by atoms with Crippen molar-refractivity contribution in [1.82, 2.24) is 4.40 Å². The second-order valence-corrected chi connectivity index (χ2v) is 16.8. The number of anilines is 6. The minimum Gasteiger partial charge on any atom is -0.310 e. The van der Waals surface area contributed by atoms with Crippen molar-refractivity contribution in [3.8, 4) is 11.1 Å². The lowest BCUT2D eigenvalue weighted by Crippen LogP contribution is -2.17. The van der Waals surface area contributed by atoms with E-state index in [1.54, 1.807) is 0 Å². The molecule has 0 radical (unpaired) electrons. The second-order valence-electron chi connectivity index (χ2n) is 15.8. The molecule has 0 fully saturated rings. The minimum atomic E-state index is -0.195. The van der Waals surface area contributed by atoms with Crippen molar-refractivity contribution in [3.05, 3.63) is 199 Å². The van der Waals surface area contributed by atoms with Crippen molar-refractivity contribution >= 4 is 92.8 Å². The zero-order chi connectivity index (χ0) is 37.8. The first-order valence-corrected chi connectivity index (χ1v) is 20.5. The number of hydrogen-bond donors (Lipinski definition) is 0. The van der Waals surface area contributed by atoms with Crippen LogP contribution in [-0.2, 0) is 5.41 Å². The Labute approximate surface area is 335 Å². The van der Waals surface area contributed by atoms with Crippen LogP contribution in [0, 0.1) is 0 Å². The van der Waals surface area contributed by atoms with Crippen LogP contribution >= 0.6 is 11.3 Å². The molecule has 270 valence electrons. The Morgan fingerprint density at radius 1 is 0.474 bits per heavy atom. The average Bonchev–Trinajstić information content (AvgIpc) is 3.96. The third kappa shape index (κ3) is 4.59. The molecule has 1 aliphatic carbocycles. The summed E-state index contributed by atoms with van der Waals surface area (Å²) in [4.78, 5) is 6.11. The maximum absolute atomic E-state index is 2.65. The van der Waals surface area contributed by atoms with Crippen LogP contribution in [0.2, 0.25) is 0 Å². The van der Waals surface area contributed by atoms with Crippen LogP contribution in [0.3, 0.4) is 0 Å². The van der Waals surface area contributed by atoms with Crippen LogP contribution in [0.1, 0.15) is 25.1 Å². The van der Waals surface area contributed by atoms with Crippen LogP contribution < -0.4 is 9.80 Å². The second kappa shape index (κ2) is 12.1. The monoisotopic (exact) mass is 747 g/mol. The van der Waals surface area contributed by atoms with Gasteiger partial charge in [0.2, 0.25) is 0 Å². The summed E-state index contributed by atoms with van der Waals surface area (Å²) in [5, 5.41) is 7.79. The lowest BCUT2D eigenvalue weighted by Gasteiger charge is -2.26. The number of nitrogens with zero attached hydrogens (tertiary/aromatic N) is 3. The van der Waals surface area contributed by atoms with Crippen LogP contribution in [0.25, 0.3) is 58.5 Å². The fourth-order valence-corrected chi connectivity index (χ4v) is 11.0. The Kier molecular flexibility index (Phi) is 6.85. The van der Waals surface area contributed by atoms with E-state index >= 15 is 0 Å². The van der Waals surface area contributed by atoms with Gasteiger partial charge in [-0.2, -0.15) is 0 Å². The maximum atomic E-state index is 2.65. The van der Waals surface area contributed by atoms with E-state index in [1.807, 2.05) is 11.3 Å². The highest BCUT2D eigenvalue weighted by molar-refractivity contribution is 7.25. The smallest absolute Gasteiger partial charge is 0.109 e. The van der Waals surface area contributed by atoms with Gasteiger partial charge in [0.1, 0.15) is 4.83 Å². The first-order valence-electron chi connectivity index (χ1n) is 19.7. The fourth-order valence-electron chi connectivity index (χ4n) is 9.77. The molecule has 0 spiro atoms. The van der Waals surface area contributed by atoms with Crippen LogP contribution in [-0.4, -0.2) is 4.40 Å². The molecule has 57 heavy (non-hydrogen) atoms. The molecule has 0 bridgehead atoms. The van der Waals surface area contributed by atoms with E-state index in [1.165, 1.54) is 75.4 Å². The van der Waals surface area contributed by atoms with E-state index in [-0.39, 0.29) is 5.41 Å². The van der Waals surface area contributed by atoms with Crippen molar-refractivity contribution in [3.63, 3.8) is 0 Å². The lowest BCUT2D eigenvalue weighted by atomic mass is 9.85.